The average molecular weight is 437 g/mol. The van der Waals surface area contributed by atoms with Crippen molar-refractivity contribution in [3.63, 3.8) is 0 Å². The Morgan fingerprint density at radius 1 is 0.967 bits per heavy atom. The summed E-state index contributed by atoms with van der Waals surface area (Å²) in [5.41, 5.74) is 4.65. The summed E-state index contributed by atoms with van der Waals surface area (Å²) in [6, 6.07) is 11.8. The SMILES string of the molecule is CCOc1ccc(OC(C)C(=O)NNC(=O)c2ccc(S(=O)(=O)NOC)cc2)cc1. The molecule has 0 aliphatic heterocycles. The fourth-order valence-corrected chi connectivity index (χ4v) is 3.08. The van der Waals surface area contributed by atoms with Crippen LogP contribution in [0.25, 0.3) is 0 Å². The molecule has 0 heterocycles. The van der Waals surface area contributed by atoms with E-state index >= 15 is 0 Å². The standard InChI is InChI=1S/C19H23N3O7S/c1-4-28-15-7-9-16(10-8-15)29-13(2)18(23)20-21-19(24)14-5-11-17(12-6-14)30(25,26)22-27-3/h5-13,22H,4H2,1-3H3,(H,20,23)(H,21,24). The van der Waals surface area contributed by atoms with E-state index in [1.807, 2.05) is 11.8 Å². The third kappa shape index (κ3) is 6.44. The van der Waals surface area contributed by atoms with Crippen LogP contribution in [0.3, 0.4) is 0 Å². The maximum atomic E-state index is 12.1. The Morgan fingerprint density at radius 3 is 2.13 bits per heavy atom. The molecule has 0 spiro atoms. The molecule has 10 nitrogen and oxygen atoms in total. The number of hydrogen-bond donors (Lipinski definition) is 3. The van der Waals surface area contributed by atoms with Gasteiger partial charge in [-0.1, -0.05) is 4.89 Å². The lowest BCUT2D eigenvalue weighted by atomic mass is 10.2. The van der Waals surface area contributed by atoms with Crippen LogP contribution in [-0.4, -0.2) is 40.1 Å². The molecular weight excluding hydrogens is 414 g/mol. The van der Waals surface area contributed by atoms with Crippen molar-refractivity contribution < 1.29 is 32.3 Å². The summed E-state index contributed by atoms with van der Waals surface area (Å²) in [5, 5.41) is 0. The lowest BCUT2D eigenvalue weighted by molar-refractivity contribution is -0.128. The second-order valence-corrected chi connectivity index (χ2v) is 7.57. The maximum Gasteiger partial charge on any atom is 0.279 e. The maximum absolute atomic E-state index is 12.1. The minimum atomic E-state index is -3.82. The number of hydrazine groups is 1. The van der Waals surface area contributed by atoms with Gasteiger partial charge in [0.1, 0.15) is 11.5 Å². The van der Waals surface area contributed by atoms with E-state index < -0.39 is 27.9 Å². The van der Waals surface area contributed by atoms with Crippen LogP contribution in [0.4, 0.5) is 0 Å². The summed E-state index contributed by atoms with van der Waals surface area (Å²) in [7, 11) is -2.65. The van der Waals surface area contributed by atoms with Gasteiger partial charge in [-0.3, -0.25) is 25.3 Å². The van der Waals surface area contributed by atoms with Crippen LogP contribution in [0.1, 0.15) is 24.2 Å². The fraction of sp³-hybridized carbons (Fsp3) is 0.263. The number of hydrogen-bond acceptors (Lipinski definition) is 7. The molecule has 11 heteroatoms. The first-order valence-corrected chi connectivity index (χ1v) is 10.4. The van der Waals surface area contributed by atoms with Gasteiger partial charge in [0, 0.05) is 5.56 Å². The number of rotatable bonds is 9. The van der Waals surface area contributed by atoms with E-state index in [0.717, 1.165) is 0 Å². The molecule has 1 unspecified atom stereocenters. The number of amides is 2. The van der Waals surface area contributed by atoms with E-state index in [1.165, 1.54) is 38.3 Å². The summed E-state index contributed by atoms with van der Waals surface area (Å²) in [6.45, 7) is 3.95. The van der Waals surface area contributed by atoms with Crippen LogP contribution in [0, 0.1) is 0 Å². The quantitative estimate of drug-likeness (QED) is 0.502. The molecule has 2 aromatic rings. The molecule has 0 fully saturated rings. The predicted molar refractivity (Wildman–Crippen MR) is 107 cm³/mol. The van der Waals surface area contributed by atoms with E-state index in [4.69, 9.17) is 9.47 Å². The van der Waals surface area contributed by atoms with Crippen LogP contribution in [0.5, 0.6) is 11.5 Å². The van der Waals surface area contributed by atoms with Gasteiger partial charge < -0.3 is 9.47 Å². The Kier molecular flexibility index (Phi) is 8.16. The van der Waals surface area contributed by atoms with Crippen molar-refractivity contribution in [1.29, 1.82) is 0 Å². The zero-order valence-corrected chi connectivity index (χ0v) is 17.5. The van der Waals surface area contributed by atoms with Gasteiger partial charge in [-0.15, -0.1) is 0 Å². The number of sulfonamides is 1. The third-order valence-corrected chi connectivity index (χ3v) is 5.01. The highest BCUT2D eigenvalue weighted by atomic mass is 32.2. The number of carbonyl (C=O) groups excluding carboxylic acids is 2. The first kappa shape index (κ1) is 23.1. The lowest BCUT2D eigenvalue weighted by Crippen LogP contribution is -2.47. The molecule has 2 amide bonds. The zero-order chi connectivity index (χ0) is 22.1. The van der Waals surface area contributed by atoms with Gasteiger partial charge in [0.2, 0.25) is 0 Å². The van der Waals surface area contributed by atoms with E-state index in [2.05, 4.69) is 15.7 Å². The molecule has 0 aliphatic rings. The van der Waals surface area contributed by atoms with Gasteiger partial charge in [-0.2, -0.15) is 0 Å². The molecule has 30 heavy (non-hydrogen) atoms. The van der Waals surface area contributed by atoms with E-state index in [1.54, 1.807) is 24.3 Å². The molecule has 3 N–H and O–H groups in total. The Morgan fingerprint density at radius 2 is 1.57 bits per heavy atom. The second-order valence-electron chi connectivity index (χ2n) is 5.92. The highest BCUT2D eigenvalue weighted by Gasteiger charge is 2.17. The summed E-state index contributed by atoms with van der Waals surface area (Å²) in [6.07, 6.45) is -0.879. The third-order valence-electron chi connectivity index (χ3n) is 3.74. The summed E-state index contributed by atoms with van der Waals surface area (Å²) in [5.74, 6) is -0.0408. The van der Waals surface area contributed by atoms with Crippen LogP contribution in [0.2, 0.25) is 0 Å². The summed E-state index contributed by atoms with van der Waals surface area (Å²) >= 11 is 0. The number of carbonyl (C=O) groups is 2. The molecule has 0 radical (unpaired) electrons. The molecule has 2 aromatic carbocycles. The number of ether oxygens (including phenoxy) is 2. The number of nitrogens with one attached hydrogen (secondary N) is 3. The van der Waals surface area contributed by atoms with Gasteiger partial charge in [0.15, 0.2) is 6.10 Å². The molecule has 0 aliphatic carbocycles. The average Bonchev–Trinajstić information content (AvgIpc) is 2.73. The van der Waals surface area contributed by atoms with Crippen molar-refractivity contribution in [3.05, 3.63) is 54.1 Å². The van der Waals surface area contributed by atoms with Crippen LogP contribution < -0.4 is 25.2 Å². The first-order chi connectivity index (χ1) is 14.3. The highest BCUT2D eigenvalue weighted by Crippen LogP contribution is 2.18. The van der Waals surface area contributed by atoms with Crippen LogP contribution in [-0.2, 0) is 19.7 Å². The Labute approximate surface area is 174 Å². The van der Waals surface area contributed by atoms with Gasteiger partial charge in [0.25, 0.3) is 21.8 Å². The lowest BCUT2D eigenvalue weighted by Gasteiger charge is -2.15. The molecular formula is C19H23N3O7S. The summed E-state index contributed by atoms with van der Waals surface area (Å²) < 4.78 is 34.4. The van der Waals surface area contributed by atoms with Crippen molar-refractivity contribution in [2.75, 3.05) is 13.7 Å². The largest absolute Gasteiger partial charge is 0.494 e. The zero-order valence-electron chi connectivity index (χ0n) is 16.7. The molecule has 0 bridgehead atoms. The van der Waals surface area contributed by atoms with Gasteiger partial charge in [-0.05, 0) is 62.4 Å². The molecule has 2 rings (SSSR count). The van der Waals surface area contributed by atoms with Crippen molar-refractivity contribution in [3.8, 4) is 11.5 Å². The van der Waals surface area contributed by atoms with Gasteiger partial charge in [0.05, 0.1) is 18.6 Å². The topological polar surface area (TPSA) is 132 Å². The van der Waals surface area contributed by atoms with Gasteiger partial charge in [-0.25, -0.2) is 8.42 Å². The Balaban J connectivity index is 1.88. The van der Waals surface area contributed by atoms with Crippen molar-refractivity contribution in [2.45, 2.75) is 24.8 Å². The fourth-order valence-electron chi connectivity index (χ4n) is 2.27. The molecule has 162 valence electrons. The van der Waals surface area contributed by atoms with Crippen molar-refractivity contribution in [2.24, 2.45) is 0 Å². The van der Waals surface area contributed by atoms with Crippen LogP contribution in [0.15, 0.2) is 53.4 Å². The highest BCUT2D eigenvalue weighted by molar-refractivity contribution is 7.89. The summed E-state index contributed by atoms with van der Waals surface area (Å²) in [4.78, 5) is 30.5. The van der Waals surface area contributed by atoms with Crippen molar-refractivity contribution >= 4 is 21.8 Å². The second kappa shape index (κ2) is 10.6. The molecule has 0 aromatic heterocycles. The molecule has 0 saturated carbocycles. The number of benzene rings is 2. The normalized spacial score (nSPS) is 12.0. The Bertz CT molecular complexity index is 961. The molecule has 1 atom stereocenters. The smallest absolute Gasteiger partial charge is 0.279 e. The monoisotopic (exact) mass is 437 g/mol. The molecule has 0 saturated heterocycles. The van der Waals surface area contributed by atoms with Crippen molar-refractivity contribution in [1.82, 2.24) is 15.7 Å². The van der Waals surface area contributed by atoms with Crippen LogP contribution >= 0.6 is 0 Å². The first-order valence-electron chi connectivity index (χ1n) is 8.91. The van der Waals surface area contributed by atoms with E-state index in [0.29, 0.717) is 18.1 Å². The Hall–Kier alpha value is -3.15. The van der Waals surface area contributed by atoms with Gasteiger partial charge >= 0.3 is 0 Å². The minimum absolute atomic E-state index is 0.0812. The minimum Gasteiger partial charge on any atom is -0.494 e. The van der Waals surface area contributed by atoms with E-state index in [9.17, 15) is 18.0 Å². The van der Waals surface area contributed by atoms with E-state index in [-0.39, 0.29) is 10.5 Å². The predicted octanol–water partition coefficient (Wildman–Crippen LogP) is 1.15.